The molecule has 0 spiro atoms. The Hall–Kier alpha value is -3.37. The van der Waals surface area contributed by atoms with Crippen molar-refractivity contribution in [3.8, 4) is 23.3 Å². The third kappa shape index (κ3) is 4.44. The summed E-state index contributed by atoms with van der Waals surface area (Å²) in [6.07, 6.45) is 0. The minimum Gasteiger partial charge on any atom is -0.495 e. The van der Waals surface area contributed by atoms with Crippen LogP contribution in [0.2, 0.25) is 15.1 Å². The summed E-state index contributed by atoms with van der Waals surface area (Å²) in [5, 5.41) is 10.8. The number of ether oxygens (including phenoxy) is 3. The number of esters is 1. The molecule has 0 aliphatic carbocycles. The van der Waals surface area contributed by atoms with Gasteiger partial charge >= 0.3 is 5.97 Å². The van der Waals surface area contributed by atoms with Gasteiger partial charge in [-0.3, -0.25) is 0 Å². The second-order valence-electron chi connectivity index (χ2n) is 7.03. The molecule has 33 heavy (non-hydrogen) atoms. The van der Waals surface area contributed by atoms with Crippen molar-refractivity contribution in [3.63, 3.8) is 0 Å². The third-order valence-electron chi connectivity index (χ3n) is 5.06. The maximum atomic E-state index is 12.6. The van der Waals surface area contributed by atoms with Crippen LogP contribution in [0.25, 0.3) is 0 Å². The molecule has 1 aliphatic heterocycles. The predicted molar refractivity (Wildman–Crippen MR) is 125 cm³/mol. The van der Waals surface area contributed by atoms with Crippen LogP contribution in [0.5, 0.6) is 17.2 Å². The van der Waals surface area contributed by atoms with Crippen molar-refractivity contribution in [1.82, 2.24) is 0 Å². The third-order valence-corrected chi connectivity index (χ3v) is 5.92. The fourth-order valence-electron chi connectivity index (χ4n) is 3.51. The first-order valence-electron chi connectivity index (χ1n) is 9.54. The number of nitrogens with zero attached hydrogens (tertiary/aromatic N) is 1. The lowest BCUT2D eigenvalue weighted by Crippen LogP contribution is -2.21. The van der Waals surface area contributed by atoms with E-state index in [9.17, 15) is 10.1 Å². The summed E-state index contributed by atoms with van der Waals surface area (Å²) >= 11 is 18.5. The molecule has 0 saturated heterocycles. The van der Waals surface area contributed by atoms with E-state index < -0.39 is 11.9 Å². The van der Waals surface area contributed by atoms with Gasteiger partial charge in [-0.25, -0.2) is 4.79 Å². The quantitative estimate of drug-likeness (QED) is 0.343. The average molecular weight is 502 g/mol. The van der Waals surface area contributed by atoms with Crippen molar-refractivity contribution < 1.29 is 19.0 Å². The molecule has 1 atom stereocenters. The van der Waals surface area contributed by atoms with Gasteiger partial charge in [0.25, 0.3) is 0 Å². The molecule has 0 fully saturated rings. The second kappa shape index (κ2) is 9.24. The lowest BCUT2D eigenvalue weighted by atomic mass is 9.83. The zero-order valence-electron chi connectivity index (χ0n) is 17.1. The molecule has 1 aliphatic rings. The average Bonchev–Trinajstić information content (AvgIpc) is 2.78. The molecule has 6 nitrogen and oxygen atoms in total. The molecule has 3 aromatic carbocycles. The zero-order chi connectivity index (χ0) is 23.7. The fourth-order valence-corrected chi connectivity index (χ4v) is 4.29. The van der Waals surface area contributed by atoms with E-state index in [4.69, 9.17) is 54.7 Å². The highest BCUT2D eigenvalue weighted by Crippen LogP contribution is 2.45. The largest absolute Gasteiger partial charge is 0.495 e. The minimum absolute atomic E-state index is 0.0635. The van der Waals surface area contributed by atoms with Crippen LogP contribution in [0.3, 0.4) is 0 Å². The summed E-state index contributed by atoms with van der Waals surface area (Å²) in [4.78, 5) is 12.6. The van der Waals surface area contributed by atoms with Crippen LogP contribution in [-0.2, 0) is 0 Å². The number of nitriles is 1. The van der Waals surface area contributed by atoms with Gasteiger partial charge in [0.1, 0.15) is 28.9 Å². The summed E-state index contributed by atoms with van der Waals surface area (Å²) < 4.78 is 16.2. The SMILES string of the molecule is COc1ccc(C(=O)Oc2ccc3c(c2)OC(N)=C(C#N)C3c2ccc(Cl)cc2Cl)cc1Cl. The Labute approximate surface area is 204 Å². The number of hydrogen-bond acceptors (Lipinski definition) is 6. The summed E-state index contributed by atoms with van der Waals surface area (Å²) in [7, 11) is 1.48. The lowest BCUT2D eigenvalue weighted by molar-refractivity contribution is 0.0734. The predicted octanol–water partition coefficient (Wildman–Crippen LogP) is 6.09. The maximum Gasteiger partial charge on any atom is 0.343 e. The molecule has 4 rings (SSSR count). The van der Waals surface area contributed by atoms with Gasteiger partial charge in [-0.1, -0.05) is 46.9 Å². The molecular formula is C24H15Cl3N2O4. The Morgan fingerprint density at radius 3 is 2.45 bits per heavy atom. The highest BCUT2D eigenvalue weighted by molar-refractivity contribution is 6.35. The smallest absolute Gasteiger partial charge is 0.343 e. The lowest BCUT2D eigenvalue weighted by Gasteiger charge is -2.27. The summed E-state index contributed by atoms with van der Waals surface area (Å²) in [6, 6.07) is 16.5. The van der Waals surface area contributed by atoms with Gasteiger partial charge in [0, 0.05) is 21.7 Å². The molecule has 0 saturated carbocycles. The standard InChI is InChI=1S/C24H15Cl3N2O4/c1-31-20-7-2-12(8-19(20)27)24(30)32-14-4-6-16-21(10-14)33-23(29)17(11-28)22(16)15-5-3-13(25)9-18(15)26/h2-10,22H,29H2,1H3. The van der Waals surface area contributed by atoms with E-state index in [-0.39, 0.29) is 27.8 Å². The van der Waals surface area contributed by atoms with Crippen LogP contribution in [0.1, 0.15) is 27.4 Å². The van der Waals surface area contributed by atoms with E-state index in [1.807, 2.05) is 0 Å². The molecule has 2 N–H and O–H groups in total. The van der Waals surface area contributed by atoms with E-state index in [0.717, 1.165) is 0 Å². The Morgan fingerprint density at radius 1 is 1.03 bits per heavy atom. The topological polar surface area (TPSA) is 94.6 Å². The molecule has 1 unspecified atom stereocenters. The molecular weight excluding hydrogens is 487 g/mol. The van der Waals surface area contributed by atoms with Crippen LogP contribution in [0, 0.1) is 11.3 Å². The highest BCUT2D eigenvalue weighted by atomic mass is 35.5. The van der Waals surface area contributed by atoms with Crippen molar-refractivity contribution >= 4 is 40.8 Å². The van der Waals surface area contributed by atoms with Gasteiger partial charge < -0.3 is 19.9 Å². The first-order valence-corrected chi connectivity index (χ1v) is 10.7. The molecule has 3 aromatic rings. The Bertz CT molecular complexity index is 1350. The van der Waals surface area contributed by atoms with E-state index in [1.165, 1.54) is 19.2 Å². The zero-order valence-corrected chi connectivity index (χ0v) is 19.3. The number of carbonyl (C=O) groups excluding carboxylic acids is 1. The van der Waals surface area contributed by atoms with E-state index in [1.54, 1.807) is 42.5 Å². The number of nitrogens with two attached hydrogens (primary N) is 1. The number of benzene rings is 3. The Balaban J connectivity index is 1.69. The van der Waals surface area contributed by atoms with Gasteiger partial charge in [0.2, 0.25) is 5.88 Å². The summed E-state index contributed by atoms with van der Waals surface area (Å²) in [5.74, 6) is -0.257. The van der Waals surface area contributed by atoms with Crippen LogP contribution in [-0.4, -0.2) is 13.1 Å². The van der Waals surface area contributed by atoms with Crippen LogP contribution in [0.15, 0.2) is 66.1 Å². The van der Waals surface area contributed by atoms with Gasteiger partial charge in [-0.05, 0) is 42.0 Å². The molecule has 0 amide bonds. The van der Waals surface area contributed by atoms with Crippen molar-refractivity contribution in [2.24, 2.45) is 5.73 Å². The van der Waals surface area contributed by atoms with Crippen LogP contribution in [0.4, 0.5) is 0 Å². The summed E-state index contributed by atoms with van der Waals surface area (Å²) in [5.41, 5.74) is 7.77. The normalized spacial score (nSPS) is 14.7. The monoisotopic (exact) mass is 500 g/mol. The number of carbonyl (C=O) groups is 1. The van der Waals surface area contributed by atoms with Crippen molar-refractivity contribution in [1.29, 1.82) is 5.26 Å². The van der Waals surface area contributed by atoms with E-state index >= 15 is 0 Å². The Morgan fingerprint density at radius 2 is 1.79 bits per heavy atom. The number of halogens is 3. The van der Waals surface area contributed by atoms with Gasteiger partial charge in [-0.2, -0.15) is 5.26 Å². The van der Waals surface area contributed by atoms with Crippen molar-refractivity contribution in [2.45, 2.75) is 5.92 Å². The molecule has 166 valence electrons. The first-order chi connectivity index (χ1) is 15.8. The van der Waals surface area contributed by atoms with Crippen molar-refractivity contribution in [2.75, 3.05) is 7.11 Å². The number of fused-ring (bicyclic) bond motifs is 1. The number of hydrogen-bond donors (Lipinski definition) is 1. The minimum atomic E-state index is -0.617. The summed E-state index contributed by atoms with van der Waals surface area (Å²) in [6.45, 7) is 0. The molecule has 0 bridgehead atoms. The fraction of sp³-hybridized carbons (Fsp3) is 0.0833. The van der Waals surface area contributed by atoms with Crippen molar-refractivity contribution in [3.05, 3.63) is 97.8 Å². The van der Waals surface area contributed by atoms with Gasteiger partial charge in [-0.15, -0.1) is 0 Å². The number of rotatable bonds is 4. The van der Waals surface area contributed by atoms with Gasteiger partial charge in [0.15, 0.2) is 0 Å². The molecule has 1 heterocycles. The van der Waals surface area contributed by atoms with Crippen LogP contribution < -0.4 is 19.9 Å². The van der Waals surface area contributed by atoms with Gasteiger partial charge in [0.05, 0.1) is 23.6 Å². The number of allylic oxidation sites excluding steroid dienone is 1. The van der Waals surface area contributed by atoms with E-state index in [2.05, 4.69) is 6.07 Å². The molecule has 0 radical (unpaired) electrons. The first kappa shape index (κ1) is 22.8. The Kier molecular flexibility index (Phi) is 6.39. The molecule has 0 aromatic heterocycles. The second-order valence-corrected chi connectivity index (χ2v) is 8.28. The molecule has 9 heteroatoms. The highest BCUT2D eigenvalue weighted by Gasteiger charge is 2.32. The van der Waals surface area contributed by atoms with E-state index in [0.29, 0.717) is 32.7 Å². The number of methoxy groups -OCH3 is 1. The maximum absolute atomic E-state index is 12.6. The van der Waals surface area contributed by atoms with Crippen LogP contribution >= 0.6 is 34.8 Å².